The molecule has 4 nitrogen and oxygen atoms in total. The maximum absolute atomic E-state index is 4.51. The molecule has 0 amide bonds. The fraction of sp³-hybridized carbons (Fsp3) is 0.214. The van der Waals surface area contributed by atoms with Gasteiger partial charge in [0.25, 0.3) is 0 Å². The van der Waals surface area contributed by atoms with E-state index in [1.165, 1.54) is 11.5 Å². The molecular formula is C14H14N4S. The molecule has 0 radical (unpaired) electrons. The summed E-state index contributed by atoms with van der Waals surface area (Å²) in [6, 6.07) is 10.3. The Morgan fingerprint density at radius 1 is 1.32 bits per heavy atom. The molecule has 0 saturated heterocycles. The van der Waals surface area contributed by atoms with Crippen LogP contribution in [-0.2, 0) is 0 Å². The highest BCUT2D eigenvalue weighted by atomic mass is 32.1. The van der Waals surface area contributed by atoms with Gasteiger partial charge in [0.05, 0.1) is 17.3 Å². The van der Waals surface area contributed by atoms with Crippen LogP contribution in [0.4, 0.5) is 0 Å². The minimum Gasteiger partial charge on any atom is -0.305 e. The number of aromatic nitrogens is 3. The Morgan fingerprint density at radius 3 is 3.00 bits per heavy atom. The largest absolute Gasteiger partial charge is 0.305 e. The molecule has 1 unspecified atom stereocenters. The van der Waals surface area contributed by atoms with Crippen LogP contribution in [0.15, 0.2) is 41.9 Å². The number of fused-ring (bicyclic) bond motifs is 1. The first-order valence-electron chi connectivity index (χ1n) is 6.23. The van der Waals surface area contributed by atoms with E-state index in [2.05, 4.69) is 38.9 Å². The van der Waals surface area contributed by atoms with Crippen LogP contribution in [0, 0.1) is 0 Å². The third-order valence-electron chi connectivity index (χ3n) is 3.03. The highest BCUT2D eigenvalue weighted by Crippen LogP contribution is 2.23. The number of rotatable bonds is 4. The van der Waals surface area contributed by atoms with Crippen molar-refractivity contribution in [3.63, 3.8) is 0 Å². The summed E-state index contributed by atoms with van der Waals surface area (Å²) < 4.78 is 3.94. The van der Waals surface area contributed by atoms with Gasteiger partial charge in [-0.25, -0.2) is 0 Å². The van der Waals surface area contributed by atoms with E-state index in [1.807, 2.05) is 29.8 Å². The molecular weight excluding hydrogens is 256 g/mol. The van der Waals surface area contributed by atoms with Crippen molar-refractivity contribution in [2.45, 2.75) is 13.0 Å². The van der Waals surface area contributed by atoms with Gasteiger partial charge in [-0.15, -0.1) is 5.10 Å². The lowest BCUT2D eigenvalue weighted by Gasteiger charge is -2.15. The number of nitrogens with one attached hydrogen (secondary N) is 1. The lowest BCUT2D eigenvalue weighted by atomic mass is 10.0. The Bertz CT molecular complexity index is 666. The summed E-state index contributed by atoms with van der Waals surface area (Å²) in [6.07, 6.45) is 1.91. The first-order valence-corrected chi connectivity index (χ1v) is 7.07. The Labute approximate surface area is 115 Å². The van der Waals surface area contributed by atoms with E-state index < -0.39 is 0 Å². The Morgan fingerprint density at radius 2 is 2.21 bits per heavy atom. The first kappa shape index (κ1) is 12.2. The summed E-state index contributed by atoms with van der Waals surface area (Å²) in [5, 5.41) is 10.7. The van der Waals surface area contributed by atoms with E-state index >= 15 is 0 Å². The van der Waals surface area contributed by atoms with Crippen molar-refractivity contribution in [1.82, 2.24) is 19.9 Å². The average Bonchev–Trinajstić information content (AvgIpc) is 2.98. The zero-order chi connectivity index (χ0) is 13.1. The molecule has 3 aromatic rings. The molecule has 0 aliphatic heterocycles. The number of benzene rings is 1. The van der Waals surface area contributed by atoms with Crippen LogP contribution < -0.4 is 5.32 Å². The molecule has 96 valence electrons. The van der Waals surface area contributed by atoms with E-state index in [0.29, 0.717) is 0 Å². The maximum atomic E-state index is 4.51. The van der Waals surface area contributed by atoms with Gasteiger partial charge in [0.2, 0.25) is 0 Å². The number of hydrogen-bond acceptors (Lipinski definition) is 5. The Kier molecular flexibility index (Phi) is 3.48. The molecule has 0 fully saturated rings. The van der Waals surface area contributed by atoms with Gasteiger partial charge in [0, 0.05) is 17.0 Å². The van der Waals surface area contributed by atoms with Gasteiger partial charge in [0.15, 0.2) is 0 Å². The van der Waals surface area contributed by atoms with Crippen LogP contribution in [0.2, 0.25) is 0 Å². The van der Waals surface area contributed by atoms with Crippen LogP contribution in [0.25, 0.3) is 10.9 Å². The zero-order valence-corrected chi connectivity index (χ0v) is 11.4. The smallest absolute Gasteiger partial charge is 0.0970 e. The lowest BCUT2D eigenvalue weighted by Crippen LogP contribution is -2.22. The van der Waals surface area contributed by atoms with E-state index in [1.54, 1.807) is 0 Å². The topological polar surface area (TPSA) is 50.7 Å². The molecule has 1 N–H and O–H groups in total. The van der Waals surface area contributed by atoms with Crippen LogP contribution in [0.5, 0.6) is 0 Å². The Hall–Kier alpha value is -1.85. The summed E-state index contributed by atoms with van der Waals surface area (Å²) in [5.74, 6) is 0. The second-order valence-corrected chi connectivity index (χ2v) is 4.89. The summed E-state index contributed by atoms with van der Waals surface area (Å²) in [6.45, 7) is 2.95. The number of para-hydroxylation sites is 1. The van der Waals surface area contributed by atoms with Crippen molar-refractivity contribution >= 4 is 22.4 Å². The van der Waals surface area contributed by atoms with Crippen LogP contribution >= 0.6 is 11.5 Å². The minimum absolute atomic E-state index is 0.0563. The van der Waals surface area contributed by atoms with E-state index in [0.717, 1.165) is 28.7 Å². The molecule has 1 aromatic carbocycles. The molecule has 19 heavy (non-hydrogen) atoms. The quantitative estimate of drug-likeness (QED) is 0.792. The number of pyridine rings is 1. The van der Waals surface area contributed by atoms with E-state index in [9.17, 15) is 0 Å². The molecule has 2 aromatic heterocycles. The molecule has 0 spiro atoms. The molecule has 0 bridgehead atoms. The van der Waals surface area contributed by atoms with Crippen molar-refractivity contribution in [3.05, 3.63) is 53.2 Å². The van der Waals surface area contributed by atoms with Gasteiger partial charge in [0.1, 0.15) is 0 Å². The second kappa shape index (κ2) is 5.42. The average molecular weight is 270 g/mol. The summed E-state index contributed by atoms with van der Waals surface area (Å²) in [7, 11) is 0. The van der Waals surface area contributed by atoms with Gasteiger partial charge < -0.3 is 5.32 Å². The molecule has 1 atom stereocenters. The SMILES string of the molecule is CCNC(c1cnc2ccccc2c1)c1csnn1. The first-order chi connectivity index (χ1) is 9.38. The van der Waals surface area contributed by atoms with Gasteiger partial charge >= 0.3 is 0 Å². The molecule has 2 heterocycles. The molecule has 0 aliphatic rings. The van der Waals surface area contributed by atoms with Crippen LogP contribution in [0.1, 0.15) is 24.2 Å². The lowest BCUT2D eigenvalue weighted by molar-refractivity contribution is 0.612. The van der Waals surface area contributed by atoms with Crippen molar-refractivity contribution in [2.75, 3.05) is 6.54 Å². The van der Waals surface area contributed by atoms with Crippen molar-refractivity contribution < 1.29 is 0 Å². The predicted octanol–water partition coefficient (Wildman–Crippen LogP) is 2.79. The van der Waals surface area contributed by atoms with Crippen LogP contribution in [-0.4, -0.2) is 21.1 Å². The standard InChI is InChI=1S/C14H14N4S/c1-2-15-14(13-9-19-18-17-13)11-7-10-5-3-4-6-12(10)16-8-11/h3-9,14-15H,2H2,1H3. The second-order valence-electron chi connectivity index (χ2n) is 4.28. The van der Waals surface area contributed by atoms with Gasteiger partial charge in [-0.3, -0.25) is 4.98 Å². The van der Waals surface area contributed by atoms with Gasteiger partial charge in [-0.1, -0.05) is 29.6 Å². The zero-order valence-electron chi connectivity index (χ0n) is 10.6. The number of hydrogen-bond donors (Lipinski definition) is 1. The van der Waals surface area contributed by atoms with Gasteiger partial charge in [-0.2, -0.15) is 0 Å². The molecule has 0 aliphatic carbocycles. The summed E-state index contributed by atoms with van der Waals surface area (Å²) >= 11 is 1.37. The molecule has 3 rings (SSSR count). The molecule has 5 heteroatoms. The Balaban J connectivity index is 2.05. The highest BCUT2D eigenvalue weighted by molar-refractivity contribution is 7.03. The fourth-order valence-corrected chi connectivity index (χ4v) is 2.62. The minimum atomic E-state index is 0.0563. The van der Waals surface area contributed by atoms with Gasteiger partial charge in [-0.05, 0) is 35.8 Å². The summed E-state index contributed by atoms with van der Waals surface area (Å²) in [5.41, 5.74) is 3.08. The van der Waals surface area contributed by atoms with Crippen molar-refractivity contribution in [2.24, 2.45) is 0 Å². The predicted molar refractivity (Wildman–Crippen MR) is 77.2 cm³/mol. The summed E-state index contributed by atoms with van der Waals surface area (Å²) in [4.78, 5) is 4.51. The van der Waals surface area contributed by atoms with E-state index in [4.69, 9.17) is 0 Å². The number of nitrogens with zero attached hydrogens (tertiary/aromatic N) is 3. The molecule has 0 saturated carbocycles. The van der Waals surface area contributed by atoms with Crippen molar-refractivity contribution in [3.8, 4) is 0 Å². The van der Waals surface area contributed by atoms with Crippen molar-refractivity contribution in [1.29, 1.82) is 0 Å². The normalized spacial score (nSPS) is 12.7. The maximum Gasteiger partial charge on any atom is 0.0970 e. The highest BCUT2D eigenvalue weighted by Gasteiger charge is 2.16. The monoisotopic (exact) mass is 270 g/mol. The van der Waals surface area contributed by atoms with E-state index in [-0.39, 0.29) is 6.04 Å². The third kappa shape index (κ3) is 2.47. The third-order valence-corrected chi connectivity index (χ3v) is 3.55. The fourth-order valence-electron chi connectivity index (χ4n) is 2.14. The van der Waals surface area contributed by atoms with Crippen LogP contribution in [0.3, 0.4) is 0 Å².